The van der Waals surface area contributed by atoms with E-state index in [1.54, 1.807) is 11.3 Å². The SMILES string of the molecule is CCCNC(=O)[C@@H](C)N1CCN(Cc2csc(C)n2)CC1. The van der Waals surface area contributed by atoms with E-state index < -0.39 is 0 Å². The molecule has 0 aliphatic carbocycles. The summed E-state index contributed by atoms with van der Waals surface area (Å²) >= 11 is 1.71. The fraction of sp³-hybridized carbons (Fsp3) is 0.733. The highest BCUT2D eigenvalue weighted by Gasteiger charge is 2.25. The third kappa shape index (κ3) is 4.76. The smallest absolute Gasteiger partial charge is 0.237 e. The summed E-state index contributed by atoms with van der Waals surface area (Å²) in [5.41, 5.74) is 1.17. The van der Waals surface area contributed by atoms with Gasteiger partial charge in [-0.3, -0.25) is 14.6 Å². The van der Waals surface area contributed by atoms with E-state index in [2.05, 4.69) is 32.4 Å². The van der Waals surface area contributed by atoms with Gasteiger partial charge in [-0.15, -0.1) is 11.3 Å². The van der Waals surface area contributed by atoms with Crippen LogP contribution >= 0.6 is 11.3 Å². The molecule has 1 N–H and O–H groups in total. The number of rotatable bonds is 6. The van der Waals surface area contributed by atoms with Gasteiger partial charge >= 0.3 is 0 Å². The summed E-state index contributed by atoms with van der Waals surface area (Å²) in [5.74, 6) is 0.153. The quantitative estimate of drug-likeness (QED) is 0.865. The molecule has 1 saturated heterocycles. The standard InChI is InChI=1S/C15H26N4OS/c1-4-5-16-15(20)12(2)19-8-6-18(7-9-19)10-14-11-21-13(3)17-14/h11-12H,4-10H2,1-3H3,(H,16,20)/t12-/m1/s1. The van der Waals surface area contributed by atoms with E-state index in [1.807, 2.05) is 13.8 Å². The molecule has 1 aliphatic heterocycles. The molecule has 1 fully saturated rings. The first-order valence-electron chi connectivity index (χ1n) is 7.75. The van der Waals surface area contributed by atoms with E-state index in [9.17, 15) is 4.79 Å². The van der Waals surface area contributed by atoms with Crippen LogP contribution in [0, 0.1) is 6.92 Å². The summed E-state index contributed by atoms with van der Waals surface area (Å²) in [6, 6.07) is -0.0276. The zero-order chi connectivity index (χ0) is 15.2. The van der Waals surface area contributed by atoms with Crippen molar-refractivity contribution in [2.75, 3.05) is 32.7 Å². The molecule has 2 heterocycles. The molecular formula is C15H26N4OS. The summed E-state index contributed by atoms with van der Waals surface area (Å²) < 4.78 is 0. The molecule has 1 aromatic heterocycles. The minimum absolute atomic E-state index is 0.0276. The lowest BCUT2D eigenvalue weighted by atomic mass is 10.2. The largest absolute Gasteiger partial charge is 0.355 e. The molecule has 6 heteroatoms. The van der Waals surface area contributed by atoms with Crippen molar-refractivity contribution in [1.82, 2.24) is 20.1 Å². The zero-order valence-electron chi connectivity index (χ0n) is 13.3. The molecule has 1 aliphatic rings. The maximum absolute atomic E-state index is 12.0. The van der Waals surface area contributed by atoms with Crippen LogP contribution < -0.4 is 5.32 Å². The molecule has 118 valence electrons. The number of hydrogen-bond acceptors (Lipinski definition) is 5. The van der Waals surface area contributed by atoms with Crippen LogP contribution in [0.2, 0.25) is 0 Å². The molecule has 2 rings (SSSR count). The predicted octanol–water partition coefficient (Wildman–Crippen LogP) is 1.48. The van der Waals surface area contributed by atoms with Gasteiger partial charge in [0.05, 0.1) is 16.7 Å². The first kappa shape index (κ1) is 16.4. The summed E-state index contributed by atoms with van der Waals surface area (Å²) in [7, 11) is 0. The van der Waals surface area contributed by atoms with Crippen LogP contribution in [0.15, 0.2) is 5.38 Å². The van der Waals surface area contributed by atoms with Crippen molar-refractivity contribution in [3.63, 3.8) is 0 Å². The van der Waals surface area contributed by atoms with Crippen molar-refractivity contribution in [2.45, 2.75) is 39.8 Å². The highest BCUT2D eigenvalue weighted by Crippen LogP contribution is 2.13. The first-order chi connectivity index (χ1) is 10.1. The number of piperazine rings is 1. The number of nitrogens with zero attached hydrogens (tertiary/aromatic N) is 3. The normalized spacial score (nSPS) is 18.6. The van der Waals surface area contributed by atoms with Crippen LogP contribution in [-0.4, -0.2) is 59.5 Å². The van der Waals surface area contributed by atoms with Crippen molar-refractivity contribution >= 4 is 17.2 Å². The van der Waals surface area contributed by atoms with Crippen LogP contribution in [0.25, 0.3) is 0 Å². The van der Waals surface area contributed by atoms with Gasteiger partial charge in [0.2, 0.25) is 5.91 Å². The maximum Gasteiger partial charge on any atom is 0.237 e. The number of nitrogens with one attached hydrogen (secondary N) is 1. The molecule has 0 saturated carbocycles. The van der Waals surface area contributed by atoms with E-state index in [0.717, 1.165) is 50.7 Å². The number of carbonyl (C=O) groups excluding carboxylic acids is 1. The fourth-order valence-electron chi connectivity index (χ4n) is 2.58. The third-order valence-electron chi connectivity index (χ3n) is 3.94. The molecule has 21 heavy (non-hydrogen) atoms. The maximum atomic E-state index is 12.0. The minimum atomic E-state index is -0.0276. The molecule has 0 aromatic carbocycles. The second-order valence-electron chi connectivity index (χ2n) is 5.64. The van der Waals surface area contributed by atoms with Crippen molar-refractivity contribution in [3.8, 4) is 0 Å². The summed E-state index contributed by atoms with van der Waals surface area (Å²) in [6.45, 7) is 11.7. The van der Waals surface area contributed by atoms with Crippen molar-refractivity contribution in [1.29, 1.82) is 0 Å². The summed E-state index contributed by atoms with van der Waals surface area (Å²) in [6.07, 6.45) is 0.985. The number of thiazole rings is 1. The molecular weight excluding hydrogens is 284 g/mol. The van der Waals surface area contributed by atoms with Gasteiger partial charge in [0.25, 0.3) is 0 Å². The molecule has 1 aromatic rings. The van der Waals surface area contributed by atoms with Crippen LogP contribution in [0.4, 0.5) is 0 Å². The van der Waals surface area contributed by atoms with Gasteiger partial charge in [-0.05, 0) is 20.3 Å². The lowest BCUT2D eigenvalue weighted by molar-refractivity contribution is -0.126. The Morgan fingerprint density at radius 2 is 2.14 bits per heavy atom. The lowest BCUT2D eigenvalue weighted by Gasteiger charge is -2.37. The lowest BCUT2D eigenvalue weighted by Crippen LogP contribution is -2.53. The Bertz CT molecular complexity index is 454. The Balaban J connectivity index is 1.76. The van der Waals surface area contributed by atoms with Crippen molar-refractivity contribution in [3.05, 3.63) is 16.1 Å². The average molecular weight is 310 g/mol. The average Bonchev–Trinajstić information content (AvgIpc) is 2.90. The molecule has 0 radical (unpaired) electrons. The molecule has 0 bridgehead atoms. The van der Waals surface area contributed by atoms with Gasteiger partial charge in [0.15, 0.2) is 0 Å². The summed E-state index contributed by atoms with van der Waals surface area (Å²) in [5, 5.41) is 6.25. The Kier molecular flexibility index (Phi) is 6.14. The minimum Gasteiger partial charge on any atom is -0.355 e. The number of carbonyl (C=O) groups is 1. The number of aromatic nitrogens is 1. The van der Waals surface area contributed by atoms with E-state index in [0.29, 0.717) is 0 Å². The fourth-order valence-corrected chi connectivity index (χ4v) is 3.18. The van der Waals surface area contributed by atoms with Gasteiger partial charge in [-0.2, -0.15) is 0 Å². The number of hydrogen-bond donors (Lipinski definition) is 1. The van der Waals surface area contributed by atoms with E-state index >= 15 is 0 Å². The van der Waals surface area contributed by atoms with Gasteiger partial charge < -0.3 is 5.32 Å². The summed E-state index contributed by atoms with van der Waals surface area (Å²) in [4.78, 5) is 21.2. The molecule has 5 nitrogen and oxygen atoms in total. The van der Waals surface area contributed by atoms with Crippen LogP contribution in [-0.2, 0) is 11.3 Å². The van der Waals surface area contributed by atoms with E-state index in [-0.39, 0.29) is 11.9 Å². The van der Waals surface area contributed by atoms with Crippen molar-refractivity contribution < 1.29 is 4.79 Å². The second kappa shape index (κ2) is 7.87. The molecule has 0 spiro atoms. The Morgan fingerprint density at radius 3 is 2.71 bits per heavy atom. The third-order valence-corrected chi connectivity index (χ3v) is 4.76. The monoisotopic (exact) mass is 310 g/mol. The van der Waals surface area contributed by atoms with Gasteiger partial charge in [-0.1, -0.05) is 6.92 Å². The Morgan fingerprint density at radius 1 is 1.43 bits per heavy atom. The highest BCUT2D eigenvalue weighted by molar-refractivity contribution is 7.09. The van der Waals surface area contributed by atoms with Gasteiger partial charge in [0, 0.05) is 44.6 Å². The Hall–Kier alpha value is -0.980. The molecule has 0 unspecified atom stereocenters. The molecule has 1 amide bonds. The number of amides is 1. The topological polar surface area (TPSA) is 48.5 Å². The van der Waals surface area contributed by atoms with Crippen LogP contribution in [0.3, 0.4) is 0 Å². The molecule has 1 atom stereocenters. The zero-order valence-corrected chi connectivity index (χ0v) is 14.1. The number of aryl methyl sites for hydroxylation is 1. The second-order valence-corrected chi connectivity index (χ2v) is 6.70. The first-order valence-corrected chi connectivity index (χ1v) is 8.63. The van der Waals surface area contributed by atoms with Crippen LogP contribution in [0.1, 0.15) is 31.0 Å². The van der Waals surface area contributed by atoms with Gasteiger partial charge in [-0.25, -0.2) is 4.98 Å². The highest BCUT2D eigenvalue weighted by atomic mass is 32.1. The Labute approximate surface area is 131 Å². The van der Waals surface area contributed by atoms with Crippen LogP contribution in [0.5, 0.6) is 0 Å². The van der Waals surface area contributed by atoms with E-state index in [4.69, 9.17) is 0 Å². The predicted molar refractivity (Wildman–Crippen MR) is 86.5 cm³/mol. The van der Waals surface area contributed by atoms with Gasteiger partial charge in [0.1, 0.15) is 0 Å². The van der Waals surface area contributed by atoms with E-state index in [1.165, 1.54) is 5.69 Å². The van der Waals surface area contributed by atoms with Crippen molar-refractivity contribution in [2.24, 2.45) is 0 Å².